The fourth-order valence-corrected chi connectivity index (χ4v) is 3.18. The van der Waals surface area contributed by atoms with Crippen LogP contribution in [0.3, 0.4) is 0 Å². The number of nitrogens with zero attached hydrogens (tertiary/aromatic N) is 1. The molecule has 3 rings (SSSR count). The molecule has 0 unspecified atom stereocenters. The first-order chi connectivity index (χ1) is 12.1. The molecule has 2 aromatic rings. The zero-order valence-corrected chi connectivity index (χ0v) is 15.5. The van der Waals surface area contributed by atoms with Crippen molar-refractivity contribution in [2.24, 2.45) is 0 Å². The molecule has 1 heterocycles. The maximum Gasteiger partial charge on any atom is 0.243 e. The summed E-state index contributed by atoms with van der Waals surface area (Å²) in [4.78, 5) is 14.4. The highest BCUT2D eigenvalue weighted by Gasteiger charge is 2.19. The van der Waals surface area contributed by atoms with Crippen molar-refractivity contribution < 1.29 is 9.90 Å². The fourth-order valence-electron chi connectivity index (χ4n) is 2.92. The third-order valence-corrected chi connectivity index (χ3v) is 4.81. The van der Waals surface area contributed by atoms with Crippen molar-refractivity contribution in [3.63, 3.8) is 0 Å². The molecular weight excluding hydrogens is 382 g/mol. The van der Waals surface area contributed by atoms with E-state index in [2.05, 4.69) is 31.5 Å². The number of benzene rings is 2. The number of rotatable bonds is 5. The number of aliphatic hydroxyl groups excluding tert-OH is 1. The molecule has 132 valence electrons. The quantitative estimate of drug-likeness (QED) is 0.714. The molecule has 3 N–H and O–H groups in total. The number of halogens is 1. The first-order valence-electron chi connectivity index (χ1n) is 8.43. The zero-order valence-electron chi connectivity index (χ0n) is 13.9. The van der Waals surface area contributed by atoms with Crippen LogP contribution in [-0.2, 0) is 4.79 Å². The molecule has 0 aromatic heterocycles. The SMILES string of the molecule is O=C(CNc1ccccc1N1CCC(O)CC1)Nc1ccc(Br)cc1. The van der Waals surface area contributed by atoms with Crippen molar-refractivity contribution in [1.29, 1.82) is 0 Å². The van der Waals surface area contributed by atoms with Crippen molar-refractivity contribution in [2.75, 3.05) is 35.2 Å². The highest BCUT2D eigenvalue weighted by atomic mass is 79.9. The van der Waals surface area contributed by atoms with Crippen LogP contribution in [0.25, 0.3) is 0 Å². The normalized spacial score (nSPS) is 15.0. The van der Waals surface area contributed by atoms with Crippen molar-refractivity contribution in [2.45, 2.75) is 18.9 Å². The Balaban J connectivity index is 1.59. The van der Waals surface area contributed by atoms with E-state index in [1.54, 1.807) is 0 Å². The van der Waals surface area contributed by atoms with Gasteiger partial charge in [0, 0.05) is 23.2 Å². The average Bonchev–Trinajstić information content (AvgIpc) is 2.63. The Hall–Kier alpha value is -2.05. The molecule has 0 radical (unpaired) electrons. The van der Waals surface area contributed by atoms with Gasteiger partial charge in [-0.2, -0.15) is 0 Å². The van der Waals surface area contributed by atoms with E-state index in [1.807, 2.05) is 48.5 Å². The van der Waals surface area contributed by atoms with Gasteiger partial charge in [0.1, 0.15) is 0 Å². The van der Waals surface area contributed by atoms with Crippen LogP contribution in [0.15, 0.2) is 53.0 Å². The second-order valence-electron chi connectivity index (χ2n) is 6.14. The molecule has 1 fully saturated rings. The Morgan fingerprint density at radius 2 is 1.80 bits per heavy atom. The van der Waals surface area contributed by atoms with E-state index in [0.717, 1.165) is 47.5 Å². The van der Waals surface area contributed by atoms with Gasteiger partial charge in [-0.1, -0.05) is 28.1 Å². The smallest absolute Gasteiger partial charge is 0.243 e. The highest BCUT2D eigenvalue weighted by Crippen LogP contribution is 2.28. The molecule has 0 spiro atoms. The molecule has 2 aromatic carbocycles. The molecule has 1 aliphatic heterocycles. The molecule has 0 saturated carbocycles. The topological polar surface area (TPSA) is 64.6 Å². The lowest BCUT2D eigenvalue weighted by Gasteiger charge is -2.32. The van der Waals surface area contributed by atoms with Crippen molar-refractivity contribution in [1.82, 2.24) is 0 Å². The summed E-state index contributed by atoms with van der Waals surface area (Å²) in [6.07, 6.45) is 1.35. The number of carbonyl (C=O) groups is 1. The molecule has 1 saturated heterocycles. The molecule has 5 nitrogen and oxygen atoms in total. The summed E-state index contributed by atoms with van der Waals surface area (Å²) in [5, 5.41) is 15.8. The van der Waals surface area contributed by atoms with Gasteiger partial charge < -0.3 is 20.6 Å². The standard InChI is InChI=1S/C19H22BrN3O2/c20-14-5-7-15(8-6-14)22-19(25)13-21-17-3-1-2-4-18(17)23-11-9-16(24)10-12-23/h1-8,16,21,24H,9-13H2,(H,22,25). The van der Waals surface area contributed by atoms with Crippen LogP contribution in [0.5, 0.6) is 0 Å². The molecule has 1 amide bonds. The molecule has 6 heteroatoms. The van der Waals surface area contributed by atoms with E-state index in [0.29, 0.717) is 0 Å². The highest BCUT2D eigenvalue weighted by molar-refractivity contribution is 9.10. The lowest BCUT2D eigenvalue weighted by atomic mass is 10.1. The van der Waals surface area contributed by atoms with Gasteiger partial charge in [0.2, 0.25) is 5.91 Å². The van der Waals surface area contributed by atoms with E-state index in [-0.39, 0.29) is 18.6 Å². The minimum Gasteiger partial charge on any atom is -0.393 e. The number of amides is 1. The third kappa shape index (κ3) is 4.96. The lowest BCUT2D eigenvalue weighted by Crippen LogP contribution is -2.36. The molecule has 0 aliphatic carbocycles. The minimum absolute atomic E-state index is 0.0915. The predicted molar refractivity (Wildman–Crippen MR) is 105 cm³/mol. The van der Waals surface area contributed by atoms with Gasteiger partial charge in [-0.3, -0.25) is 4.79 Å². The van der Waals surface area contributed by atoms with Crippen molar-refractivity contribution in [3.8, 4) is 0 Å². The lowest BCUT2D eigenvalue weighted by molar-refractivity contribution is -0.114. The van der Waals surface area contributed by atoms with E-state index in [9.17, 15) is 9.90 Å². The fraction of sp³-hybridized carbons (Fsp3) is 0.316. The van der Waals surface area contributed by atoms with Gasteiger partial charge in [-0.05, 0) is 49.2 Å². The molecule has 0 bridgehead atoms. The van der Waals surface area contributed by atoms with E-state index >= 15 is 0 Å². The minimum atomic E-state index is -0.201. The molecular formula is C19H22BrN3O2. The maximum atomic E-state index is 12.2. The molecule has 25 heavy (non-hydrogen) atoms. The van der Waals surface area contributed by atoms with Crippen LogP contribution in [0.2, 0.25) is 0 Å². The number of piperidine rings is 1. The number of aliphatic hydroxyl groups is 1. The third-order valence-electron chi connectivity index (χ3n) is 4.28. The van der Waals surface area contributed by atoms with E-state index in [4.69, 9.17) is 0 Å². The van der Waals surface area contributed by atoms with E-state index in [1.165, 1.54) is 0 Å². The second kappa shape index (κ2) is 8.36. The van der Waals surface area contributed by atoms with Gasteiger partial charge in [-0.25, -0.2) is 0 Å². The van der Waals surface area contributed by atoms with Gasteiger partial charge in [-0.15, -0.1) is 0 Å². The summed E-state index contributed by atoms with van der Waals surface area (Å²) >= 11 is 3.38. The Kier molecular flexibility index (Phi) is 5.94. The summed E-state index contributed by atoms with van der Waals surface area (Å²) in [7, 11) is 0. The van der Waals surface area contributed by atoms with Crippen LogP contribution in [0, 0.1) is 0 Å². The monoisotopic (exact) mass is 403 g/mol. The Morgan fingerprint density at radius 1 is 1.12 bits per heavy atom. The summed E-state index contributed by atoms with van der Waals surface area (Å²) in [5.41, 5.74) is 2.78. The number of hydrogen-bond donors (Lipinski definition) is 3. The van der Waals surface area contributed by atoms with Crippen LogP contribution in [0.4, 0.5) is 17.1 Å². The first kappa shape index (κ1) is 17.8. The van der Waals surface area contributed by atoms with Crippen molar-refractivity contribution in [3.05, 3.63) is 53.0 Å². The number of hydrogen-bond acceptors (Lipinski definition) is 4. The molecule has 0 atom stereocenters. The van der Waals surface area contributed by atoms with E-state index < -0.39 is 0 Å². The first-order valence-corrected chi connectivity index (χ1v) is 9.22. The summed E-state index contributed by atoms with van der Waals surface area (Å²) in [6, 6.07) is 15.5. The Morgan fingerprint density at radius 3 is 2.52 bits per heavy atom. The number of anilines is 3. The van der Waals surface area contributed by atoms with Crippen LogP contribution in [-0.4, -0.2) is 36.8 Å². The predicted octanol–water partition coefficient (Wildman–Crippen LogP) is 3.46. The zero-order chi connectivity index (χ0) is 17.6. The van der Waals surface area contributed by atoms with Gasteiger partial charge >= 0.3 is 0 Å². The van der Waals surface area contributed by atoms with Gasteiger partial charge in [0.05, 0.1) is 24.0 Å². The van der Waals surface area contributed by atoms with Crippen LogP contribution < -0.4 is 15.5 Å². The summed E-state index contributed by atoms with van der Waals surface area (Å²) in [6.45, 7) is 1.85. The summed E-state index contributed by atoms with van der Waals surface area (Å²) < 4.78 is 0.976. The van der Waals surface area contributed by atoms with Crippen LogP contribution >= 0.6 is 15.9 Å². The Bertz CT molecular complexity index is 713. The Labute approximate surface area is 156 Å². The van der Waals surface area contributed by atoms with Gasteiger partial charge in [0.15, 0.2) is 0 Å². The van der Waals surface area contributed by atoms with Crippen molar-refractivity contribution >= 4 is 38.9 Å². The number of nitrogens with one attached hydrogen (secondary N) is 2. The second-order valence-corrected chi connectivity index (χ2v) is 7.06. The molecule has 1 aliphatic rings. The number of carbonyl (C=O) groups excluding carboxylic acids is 1. The average molecular weight is 404 g/mol. The maximum absolute atomic E-state index is 12.2. The van der Waals surface area contributed by atoms with Crippen LogP contribution in [0.1, 0.15) is 12.8 Å². The van der Waals surface area contributed by atoms with Gasteiger partial charge in [0.25, 0.3) is 0 Å². The summed E-state index contributed by atoms with van der Waals surface area (Å²) in [5.74, 6) is -0.0915. The largest absolute Gasteiger partial charge is 0.393 e. The number of para-hydroxylation sites is 2.